The molecule has 18 heavy (non-hydrogen) atoms. The average molecular weight is 251 g/mol. The number of hydrogen-bond acceptors (Lipinski definition) is 3. The number of anilines is 1. The summed E-state index contributed by atoms with van der Waals surface area (Å²) in [4.78, 5) is 2.06. The number of aliphatic hydroxyl groups is 1. The van der Waals surface area contributed by atoms with Gasteiger partial charge in [0.05, 0.1) is 24.0 Å². The fourth-order valence-electron chi connectivity index (χ4n) is 2.85. The topological polar surface area (TPSA) is 32.7 Å². The molecule has 3 atom stereocenters. The Morgan fingerprint density at radius 2 is 2.00 bits per heavy atom. The van der Waals surface area contributed by atoms with Crippen molar-refractivity contribution in [3.63, 3.8) is 0 Å². The zero-order valence-corrected chi connectivity index (χ0v) is 10.5. The maximum atomic E-state index is 14.1. The molecule has 1 aromatic carbocycles. The Morgan fingerprint density at radius 3 is 2.56 bits per heavy atom. The molecule has 2 fully saturated rings. The second-order valence-electron chi connectivity index (χ2n) is 5.25. The Hall–Kier alpha value is -1.13. The van der Waals surface area contributed by atoms with Crippen LogP contribution < -0.4 is 4.90 Å². The highest BCUT2D eigenvalue weighted by Crippen LogP contribution is 2.31. The van der Waals surface area contributed by atoms with E-state index in [1.165, 1.54) is 6.07 Å². The number of ether oxygens (including phenoxy) is 1. The summed E-state index contributed by atoms with van der Waals surface area (Å²) in [6.45, 7) is 3.17. The Balaban J connectivity index is 1.84. The summed E-state index contributed by atoms with van der Waals surface area (Å²) in [5, 5.41) is 9.44. The van der Waals surface area contributed by atoms with Gasteiger partial charge < -0.3 is 14.7 Å². The SMILES string of the molecule is C[C@@H](O)c1ccc(N2CC3CCC(C2)O3)c(F)c1. The van der Waals surface area contributed by atoms with E-state index in [4.69, 9.17) is 4.74 Å². The summed E-state index contributed by atoms with van der Waals surface area (Å²) in [7, 11) is 0. The van der Waals surface area contributed by atoms with Crippen LogP contribution in [-0.4, -0.2) is 30.4 Å². The molecule has 4 heteroatoms. The maximum Gasteiger partial charge on any atom is 0.146 e. The van der Waals surface area contributed by atoms with Gasteiger partial charge in [0, 0.05) is 13.1 Å². The lowest BCUT2D eigenvalue weighted by molar-refractivity contribution is 0.0303. The van der Waals surface area contributed by atoms with Crippen LogP contribution in [0.3, 0.4) is 0 Å². The van der Waals surface area contributed by atoms with E-state index in [1.54, 1.807) is 19.1 Å². The lowest BCUT2D eigenvalue weighted by atomic mass is 10.1. The standard InChI is InChI=1S/C14H18FNO2/c1-9(17)10-2-5-14(13(15)6-10)16-7-11-3-4-12(8-16)18-11/h2,5-6,9,11-12,17H,3-4,7-8H2,1H3/t9-,11?,12?/m1/s1. The number of halogens is 1. The molecular formula is C14H18FNO2. The van der Waals surface area contributed by atoms with E-state index in [1.807, 2.05) is 0 Å². The summed E-state index contributed by atoms with van der Waals surface area (Å²) in [5.41, 5.74) is 1.24. The fourth-order valence-corrected chi connectivity index (χ4v) is 2.85. The van der Waals surface area contributed by atoms with Crippen LogP contribution in [0.5, 0.6) is 0 Å². The third-order valence-corrected chi connectivity index (χ3v) is 3.84. The summed E-state index contributed by atoms with van der Waals surface area (Å²) >= 11 is 0. The molecule has 0 amide bonds. The van der Waals surface area contributed by atoms with E-state index < -0.39 is 6.10 Å². The van der Waals surface area contributed by atoms with Crippen LogP contribution in [-0.2, 0) is 4.74 Å². The predicted molar refractivity (Wildman–Crippen MR) is 67.1 cm³/mol. The zero-order valence-electron chi connectivity index (χ0n) is 10.5. The largest absolute Gasteiger partial charge is 0.389 e. The van der Waals surface area contributed by atoms with Crippen LogP contribution in [0.15, 0.2) is 18.2 Å². The van der Waals surface area contributed by atoms with Gasteiger partial charge in [-0.05, 0) is 37.5 Å². The van der Waals surface area contributed by atoms with Gasteiger partial charge in [-0.3, -0.25) is 0 Å². The first kappa shape index (κ1) is 11.9. The van der Waals surface area contributed by atoms with Crippen molar-refractivity contribution in [1.82, 2.24) is 0 Å². The number of fused-ring (bicyclic) bond motifs is 2. The smallest absolute Gasteiger partial charge is 0.146 e. The molecule has 3 rings (SSSR count). The molecule has 2 unspecified atom stereocenters. The minimum absolute atomic E-state index is 0.250. The van der Waals surface area contributed by atoms with E-state index in [0.29, 0.717) is 11.3 Å². The summed E-state index contributed by atoms with van der Waals surface area (Å²) in [6, 6.07) is 4.99. The highest BCUT2D eigenvalue weighted by atomic mass is 19.1. The lowest BCUT2D eigenvalue weighted by Crippen LogP contribution is -2.43. The van der Waals surface area contributed by atoms with Gasteiger partial charge in [0.1, 0.15) is 5.82 Å². The van der Waals surface area contributed by atoms with E-state index in [0.717, 1.165) is 25.9 Å². The van der Waals surface area contributed by atoms with Crippen molar-refractivity contribution in [3.05, 3.63) is 29.6 Å². The normalized spacial score (nSPS) is 28.5. The molecule has 1 N–H and O–H groups in total. The first-order valence-electron chi connectivity index (χ1n) is 6.51. The molecule has 3 nitrogen and oxygen atoms in total. The van der Waals surface area contributed by atoms with Crippen molar-refractivity contribution in [3.8, 4) is 0 Å². The predicted octanol–water partition coefficient (Wildman–Crippen LogP) is 2.25. The van der Waals surface area contributed by atoms with Crippen molar-refractivity contribution in [1.29, 1.82) is 0 Å². The first-order valence-corrected chi connectivity index (χ1v) is 6.51. The number of benzene rings is 1. The van der Waals surface area contributed by atoms with Crippen LogP contribution in [0.1, 0.15) is 31.4 Å². The molecule has 1 aromatic rings. The van der Waals surface area contributed by atoms with Gasteiger partial charge >= 0.3 is 0 Å². The van der Waals surface area contributed by atoms with Crippen molar-refractivity contribution in [2.45, 2.75) is 38.1 Å². The molecule has 0 saturated carbocycles. The summed E-state index contributed by atoms with van der Waals surface area (Å²) < 4.78 is 19.8. The molecule has 0 aromatic heterocycles. The molecule has 2 saturated heterocycles. The van der Waals surface area contributed by atoms with Crippen molar-refractivity contribution in [2.75, 3.05) is 18.0 Å². The Kier molecular flexibility index (Phi) is 2.99. The van der Waals surface area contributed by atoms with Crippen molar-refractivity contribution in [2.24, 2.45) is 0 Å². The highest BCUT2D eigenvalue weighted by Gasteiger charge is 2.34. The molecule has 0 aliphatic carbocycles. The fraction of sp³-hybridized carbons (Fsp3) is 0.571. The van der Waals surface area contributed by atoms with Crippen LogP contribution in [0.2, 0.25) is 0 Å². The van der Waals surface area contributed by atoms with Gasteiger partial charge in [-0.1, -0.05) is 6.07 Å². The minimum atomic E-state index is -0.630. The van der Waals surface area contributed by atoms with Gasteiger partial charge in [-0.25, -0.2) is 4.39 Å². The number of aliphatic hydroxyl groups excluding tert-OH is 1. The second-order valence-corrected chi connectivity index (χ2v) is 5.25. The quantitative estimate of drug-likeness (QED) is 0.875. The molecule has 2 aliphatic rings. The second kappa shape index (κ2) is 4.52. The molecule has 2 aliphatic heterocycles. The van der Waals surface area contributed by atoms with Crippen LogP contribution in [0, 0.1) is 5.82 Å². The number of rotatable bonds is 2. The Bertz CT molecular complexity index is 437. The number of nitrogens with zero attached hydrogens (tertiary/aromatic N) is 1. The van der Waals surface area contributed by atoms with E-state index in [9.17, 15) is 9.50 Å². The third-order valence-electron chi connectivity index (χ3n) is 3.84. The molecule has 0 spiro atoms. The van der Waals surface area contributed by atoms with Crippen LogP contribution in [0.25, 0.3) is 0 Å². The Labute approximate surface area is 106 Å². The molecule has 2 bridgehead atoms. The maximum absolute atomic E-state index is 14.1. The monoisotopic (exact) mass is 251 g/mol. The first-order chi connectivity index (χ1) is 8.63. The third kappa shape index (κ3) is 2.10. The molecular weight excluding hydrogens is 233 g/mol. The number of hydrogen-bond donors (Lipinski definition) is 1. The summed E-state index contributed by atoms with van der Waals surface area (Å²) in [5.74, 6) is -0.255. The lowest BCUT2D eigenvalue weighted by Gasteiger charge is -2.34. The zero-order chi connectivity index (χ0) is 12.7. The van der Waals surface area contributed by atoms with Gasteiger partial charge in [0.25, 0.3) is 0 Å². The van der Waals surface area contributed by atoms with Crippen LogP contribution in [0.4, 0.5) is 10.1 Å². The minimum Gasteiger partial charge on any atom is -0.389 e. The van der Waals surface area contributed by atoms with E-state index in [2.05, 4.69) is 4.90 Å². The average Bonchev–Trinajstić information content (AvgIpc) is 2.68. The Morgan fingerprint density at radius 1 is 1.33 bits per heavy atom. The van der Waals surface area contributed by atoms with E-state index in [-0.39, 0.29) is 18.0 Å². The molecule has 2 heterocycles. The van der Waals surface area contributed by atoms with Gasteiger partial charge in [0.2, 0.25) is 0 Å². The van der Waals surface area contributed by atoms with Gasteiger partial charge in [-0.15, -0.1) is 0 Å². The van der Waals surface area contributed by atoms with Gasteiger partial charge in [0.15, 0.2) is 0 Å². The van der Waals surface area contributed by atoms with Crippen molar-refractivity contribution >= 4 is 5.69 Å². The molecule has 98 valence electrons. The summed E-state index contributed by atoms with van der Waals surface area (Å²) in [6.07, 6.45) is 2.02. The van der Waals surface area contributed by atoms with Gasteiger partial charge in [-0.2, -0.15) is 0 Å². The number of morpholine rings is 1. The molecule has 0 radical (unpaired) electrons. The van der Waals surface area contributed by atoms with E-state index >= 15 is 0 Å². The van der Waals surface area contributed by atoms with Crippen LogP contribution >= 0.6 is 0 Å². The highest BCUT2D eigenvalue weighted by molar-refractivity contribution is 5.50. The van der Waals surface area contributed by atoms with Crippen molar-refractivity contribution < 1.29 is 14.2 Å².